The molecule has 1 aliphatic rings. The molecule has 1 heterocycles. The van der Waals surface area contributed by atoms with Crippen molar-refractivity contribution in [1.82, 2.24) is 9.55 Å². The molecular formula is C23H28N2. The van der Waals surface area contributed by atoms with Gasteiger partial charge in [0, 0.05) is 5.69 Å². The lowest BCUT2D eigenvalue weighted by atomic mass is 9.57. The van der Waals surface area contributed by atoms with Gasteiger partial charge >= 0.3 is 0 Å². The molecule has 130 valence electrons. The van der Waals surface area contributed by atoms with Crippen LogP contribution >= 0.6 is 0 Å². The average molecular weight is 332 g/mol. The Morgan fingerprint density at radius 1 is 0.920 bits per heavy atom. The normalized spacial score (nSPS) is 23.8. The molecule has 1 aromatic heterocycles. The van der Waals surface area contributed by atoms with E-state index in [4.69, 9.17) is 4.98 Å². The molecule has 0 radical (unpaired) electrons. The van der Waals surface area contributed by atoms with Gasteiger partial charge in [0.15, 0.2) is 0 Å². The van der Waals surface area contributed by atoms with Gasteiger partial charge in [-0.3, -0.25) is 4.57 Å². The summed E-state index contributed by atoms with van der Waals surface area (Å²) in [4.78, 5) is 4.72. The Bertz CT molecular complexity index is 947. The van der Waals surface area contributed by atoms with Crippen LogP contribution in [0.3, 0.4) is 0 Å². The molecule has 2 aromatic carbocycles. The number of fused-ring (bicyclic) bond motifs is 2. The van der Waals surface area contributed by atoms with Crippen LogP contribution in [-0.4, -0.2) is 9.55 Å². The van der Waals surface area contributed by atoms with Crippen molar-refractivity contribution in [3.8, 4) is 5.69 Å². The van der Waals surface area contributed by atoms with Crippen LogP contribution in [0.15, 0.2) is 48.8 Å². The summed E-state index contributed by atoms with van der Waals surface area (Å²) in [6.45, 7) is 14.4. The van der Waals surface area contributed by atoms with Crippen LogP contribution in [0.5, 0.6) is 0 Å². The van der Waals surface area contributed by atoms with E-state index in [1.807, 2.05) is 6.33 Å². The fourth-order valence-electron chi connectivity index (χ4n) is 4.82. The number of rotatable bonds is 2. The lowest BCUT2D eigenvalue weighted by molar-refractivity contribution is 0.108. The van der Waals surface area contributed by atoms with Crippen molar-refractivity contribution in [1.29, 1.82) is 0 Å². The van der Waals surface area contributed by atoms with Crippen LogP contribution in [-0.2, 0) is 10.8 Å². The van der Waals surface area contributed by atoms with Gasteiger partial charge in [-0.25, -0.2) is 4.98 Å². The van der Waals surface area contributed by atoms with Gasteiger partial charge in [0.05, 0.1) is 11.0 Å². The average Bonchev–Trinajstić information content (AvgIpc) is 3.07. The maximum Gasteiger partial charge on any atom is 0.100 e. The van der Waals surface area contributed by atoms with Gasteiger partial charge in [-0.2, -0.15) is 0 Å². The minimum absolute atomic E-state index is 0.123. The molecule has 0 saturated carbocycles. The van der Waals surface area contributed by atoms with E-state index in [0.29, 0.717) is 0 Å². The van der Waals surface area contributed by atoms with Crippen LogP contribution < -0.4 is 0 Å². The van der Waals surface area contributed by atoms with Gasteiger partial charge in [0.2, 0.25) is 0 Å². The highest BCUT2D eigenvalue weighted by molar-refractivity contribution is 5.81. The lowest BCUT2D eigenvalue weighted by Crippen LogP contribution is -2.43. The van der Waals surface area contributed by atoms with E-state index >= 15 is 0 Å². The Morgan fingerprint density at radius 2 is 1.60 bits per heavy atom. The predicted octanol–water partition coefficient (Wildman–Crippen LogP) is 6.01. The molecule has 1 atom stereocenters. The van der Waals surface area contributed by atoms with E-state index in [1.165, 1.54) is 22.3 Å². The number of benzene rings is 2. The quantitative estimate of drug-likeness (QED) is 0.562. The van der Waals surface area contributed by atoms with E-state index < -0.39 is 0 Å². The largest absolute Gasteiger partial charge is 0.299 e. The molecule has 4 rings (SSSR count). The highest BCUT2D eigenvalue weighted by Crippen LogP contribution is 2.63. The molecule has 0 fully saturated rings. The Balaban J connectivity index is 2.03. The predicted molar refractivity (Wildman–Crippen MR) is 106 cm³/mol. The number of hydrogen-bond acceptors (Lipinski definition) is 1. The van der Waals surface area contributed by atoms with Crippen LogP contribution in [0.1, 0.15) is 59.1 Å². The van der Waals surface area contributed by atoms with Crippen molar-refractivity contribution in [2.45, 2.75) is 58.8 Å². The Morgan fingerprint density at radius 3 is 2.24 bits per heavy atom. The second-order valence-corrected chi connectivity index (χ2v) is 8.77. The number of imidazole rings is 1. The first-order valence-corrected chi connectivity index (χ1v) is 9.31. The highest BCUT2D eigenvalue weighted by Gasteiger charge is 2.58. The Hall–Kier alpha value is -2.09. The van der Waals surface area contributed by atoms with Crippen molar-refractivity contribution in [3.63, 3.8) is 0 Å². The third-order valence-electron chi connectivity index (χ3n) is 7.64. The zero-order valence-corrected chi connectivity index (χ0v) is 16.2. The molecule has 2 nitrogen and oxygen atoms in total. The lowest BCUT2D eigenvalue weighted by Gasteiger charge is -2.46. The first-order chi connectivity index (χ1) is 11.7. The summed E-state index contributed by atoms with van der Waals surface area (Å²) in [6, 6.07) is 15.2. The minimum Gasteiger partial charge on any atom is -0.299 e. The number of aromatic nitrogens is 2. The molecule has 0 spiro atoms. The maximum absolute atomic E-state index is 4.72. The SMILES string of the molecule is CCC1(C)c2cc3c(cc2C(C)(C)C1(C)C)ncn3-c1ccccc1. The molecule has 3 aromatic rings. The summed E-state index contributed by atoms with van der Waals surface area (Å²) in [6.07, 6.45) is 3.10. The van der Waals surface area contributed by atoms with Crippen molar-refractivity contribution in [2.75, 3.05) is 0 Å². The number of para-hydroxylation sites is 1. The molecule has 2 heteroatoms. The van der Waals surface area contributed by atoms with Crippen LogP contribution in [0.2, 0.25) is 0 Å². The number of hydrogen-bond donors (Lipinski definition) is 0. The van der Waals surface area contributed by atoms with E-state index in [2.05, 4.69) is 88.6 Å². The Kier molecular flexibility index (Phi) is 3.26. The fraction of sp³-hybridized carbons (Fsp3) is 0.435. The molecule has 1 aliphatic carbocycles. The van der Waals surface area contributed by atoms with E-state index in [1.54, 1.807) is 0 Å². The van der Waals surface area contributed by atoms with E-state index in [-0.39, 0.29) is 16.2 Å². The van der Waals surface area contributed by atoms with Gasteiger partial charge in [0.25, 0.3) is 0 Å². The van der Waals surface area contributed by atoms with Crippen molar-refractivity contribution < 1.29 is 0 Å². The zero-order chi connectivity index (χ0) is 18.0. The number of nitrogens with zero attached hydrogens (tertiary/aromatic N) is 2. The summed E-state index contributed by atoms with van der Waals surface area (Å²) >= 11 is 0. The standard InChI is InChI=1S/C23H28N2/c1-7-23(6)18-14-20-19(13-17(18)21(2,3)22(23,4)5)24-15-25(20)16-11-9-8-10-12-16/h8-15H,7H2,1-6H3. The van der Waals surface area contributed by atoms with Gasteiger partial charge in [-0.15, -0.1) is 0 Å². The van der Waals surface area contributed by atoms with Crippen LogP contribution in [0, 0.1) is 5.41 Å². The molecule has 25 heavy (non-hydrogen) atoms. The monoisotopic (exact) mass is 332 g/mol. The van der Waals surface area contributed by atoms with E-state index in [9.17, 15) is 0 Å². The van der Waals surface area contributed by atoms with Crippen LogP contribution in [0.25, 0.3) is 16.7 Å². The van der Waals surface area contributed by atoms with Crippen molar-refractivity contribution in [3.05, 3.63) is 59.9 Å². The third-order valence-corrected chi connectivity index (χ3v) is 7.64. The minimum atomic E-state index is 0.123. The second kappa shape index (κ2) is 4.97. The first kappa shape index (κ1) is 16.4. The summed E-state index contributed by atoms with van der Waals surface area (Å²) in [5.41, 5.74) is 6.89. The summed E-state index contributed by atoms with van der Waals surface area (Å²) in [5, 5.41) is 0. The molecular weight excluding hydrogens is 304 g/mol. The van der Waals surface area contributed by atoms with Gasteiger partial charge in [0.1, 0.15) is 6.33 Å². The molecule has 0 saturated heterocycles. The Labute approximate surface area is 150 Å². The summed E-state index contributed by atoms with van der Waals surface area (Å²) in [7, 11) is 0. The van der Waals surface area contributed by atoms with Gasteiger partial charge in [-0.1, -0.05) is 59.7 Å². The van der Waals surface area contributed by atoms with Gasteiger partial charge < -0.3 is 0 Å². The van der Waals surface area contributed by atoms with Crippen molar-refractivity contribution in [2.24, 2.45) is 5.41 Å². The third kappa shape index (κ3) is 1.88. The topological polar surface area (TPSA) is 17.8 Å². The molecule has 0 amide bonds. The van der Waals surface area contributed by atoms with Crippen molar-refractivity contribution >= 4 is 11.0 Å². The van der Waals surface area contributed by atoms with Gasteiger partial charge in [-0.05, 0) is 58.1 Å². The van der Waals surface area contributed by atoms with E-state index in [0.717, 1.165) is 11.9 Å². The highest BCUT2D eigenvalue weighted by atomic mass is 15.0. The molecule has 0 N–H and O–H groups in total. The van der Waals surface area contributed by atoms with Crippen LogP contribution in [0.4, 0.5) is 0 Å². The second-order valence-electron chi connectivity index (χ2n) is 8.77. The fourth-order valence-corrected chi connectivity index (χ4v) is 4.82. The smallest absolute Gasteiger partial charge is 0.100 e. The zero-order valence-electron chi connectivity index (χ0n) is 16.2. The first-order valence-electron chi connectivity index (χ1n) is 9.31. The maximum atomic E-state index is 4.72. The molecule has 1 unspecified atom stereocenters. The molecule has 0 bridgehead atoms. The summed E-state index contributed by atoms with van der Waals surface area (Å²) < 4.78 is 2.21. The summed E-state index contributed by atoms with van der Waals surface area (Å²) in [5.74, 6) is 0. The molecule has 0 aliphatic heterocycles.